The minimum Gasteiger partial charge on any atom is -0.374 e. The van der Waals surface area contributed by atoms with Crippen LogP contribution < -0.4 is 0 Å². The lowest BCUT2D eigenvalue weighted by molar-refractivity contribution is -0.140. The van der Waals surface area contributed by atoms with Crippen LogP contribution in [0, 0.1) is 24.6 Å². The molecule has 2 heterocycles. The molecule has 0 spiro atoms. The molecule has 2 unspecified atom stereocenters. The molecule has 5 rings (SSSR count). The molecule has 0 radical (unpaired) electrons. The summed E-state index contributed by atoms with van der Waals surface area (Å²) in [6.07, 6.45) is -0.789. The quantitative estimate of drug-likeness (QED) is 0.468. The van der Waals surface area contributed by atoms with Gasteiger partial charge in [-0.25, -0.2) is 4.39 Å². The average molecular weight is 515 g/mol. The molecule has 8 heteroatoms. The number of hydrogen-bond donors (Lipinski definition) is 0. The number of halogens is 4. The van der Waals surface area contributed by atoms with E-state index in [0.29, 0.717) is 43.0 Å². The van der Waals surface area contributed by atoms with Gasteiger partial charge in [-0.3, -0.25) is 9.59 Å². The van der Waals surface area contributed by atoms with E-state index >= 15 is 0 Å². The van der Waals surface area contributed by atoms with Crippen molar-refractivity contribution in [2.24, 2.45) is 11.8 Å². The van der Waals surface area contributed by atoms with Crippen molar-refractivity contribution in [3.05, 3.63) is 82.3 Å². The summed E-state index contributed by atoms with van der Waals surface area (Å²) in [6.45, 7) is 5.19. The van der Waals surface area contributed by atoms with Crippen molar-refractivity contribution in [3.63, 3.8) is 0 Å². The second-order valence-electron chi connectivity index (χ2n) is 10.6. The number of rotatable bonds is 4. The molecule has 2 saturated heterocycles. The van der Waals surface area contributed by atoms with E-state index in [1.807, 2.05) is 0 Å². The predicted octanol–water partition coefficient (Wildman–Crippen LogP) is 6.02. The van der Waals surface area contributed by atoms with Gasteiger partial charge in [-0.2, -0.15) is 13.2 Å². The fourth-order valence-corrected chi connectivity index (χ4v) is 6.25. The molecule has 196 valence electrons. The van der Waals surface area contributed by atoms with Crippen LogP contribution >= 0.6 is 0 Å². The van der Waals surface area contributed by atoms with E-state index in [-0.39, 0.29) is 29.5 Å². The highest BCUT2D eigenvalue weighted by Gasteiger charge is 2.47. The third-order valence-electron chi connectivity index (χ3n) is 8.13. The van der Waals surface area contributed by atoms with Crippen molar-refractivity contribution in [1.29, 1.82) is 0 Å². The van der Waals surface area contributed by atoms with Crippen LogP contribution in [0.1, 0.15) is 60.4 Å². The Kier molecular flexibility index (Phi) is 6.62. The first-order valence-corrected chi connectivity index (χ1v) is 12.7. The van der Waals surface area contributed by atoms with E-state index in [2.05, 4.69) is 4.90 Å². The van der Waals surface area contributed by atoms with E-state index in [0.717, 1.165) is 36.4 Å². The number of carbonyl (C=O) groups is 2. The number of alkyl halides is 3. The molecule has 4 atom stereocenters. The van der Waals surface area contributed by atoms with Crippen molar-refractivity contribution in [2.45, 2.75) is 51.2 Å². The Morgan fingerprint density at radius 3 is 2.43 bits per heavy atom. The number of aryl methyl sites for hydroxylation is 1. The molecule has 1 amide bonds. The largest absolute Gasteiger partial charge is 0.416 e. The molecule has 2 aromatic carbocycles. The Hall–Kier alpha value is -3.16. The maximum atomic E-state index is 13.9. The Morgan fingerprint density at radius 1 is 1.05 bits per heavy atom. The standard InChI is InChI=1S/C29H30F4N2O2/c1-17-11-21(13-22(12-17)29(31,32)33)18(2)28(37)35-10-9-20-15-34(24-7-8-25(36)14-24)16-26(20)27(35)19-3-5-23(30)6-4-19/h3-6,11-14,18,20,26-27H,7-10,15-16H2,1-2H3/t18?,20-,26?,27+/m1/s1. The molecular formula is C29H30F4N2O2. The normalized spacial score (nSPS) is 24.8. The number of amides is 1. The van der Waals surface area contributed by atoms with Crippen molar-refractivity contribution in [3.8, 4) is 0 Å². The van der Waals surface area contributed by atoms with Crippen LogP contribution in [0.15, 0.2) is 54.2 Å². The number of ketones is 1. The Balaban J connectivity index is 1.47. The highest BCUT2D eigenvalue weighted by atomic mass is 19.4. The van der Waals surface area contributed by atoms with Gasteiger partial charge in [0.15, 0.2) is 5.78 Å². The molecule has 2 fully saturated rings. The molecule has 2 aliphatic heterocycles. The average Bonchev–Trinajstić information content (AvgIpc) is 3.48. The highest BCUT2D eigenvalue weighted by Crippen LogP contribution is 2.46. The van der Waals surface area contributed by atoms with Gasteiger partial charge in [-0.15, -0.1) is 0 Å². The van der Waals surface area contributed by atoms with Gasteiger partial charge in [-0.1, -0.05) is 23.8 Å². The molecule has 0 aromatic heterocycles. The van der Waals surface area contributed by atoms with E-state index in [1.54, 1.807) is 43.0 Å². The zero-order valence-corrected chi connectivity index (χ0v) is 20.9. The lowest BCUT2D eigenvalue weighted by atomic mass is 9.78. The molecule has 37 heavy (non-hydrogen) atoms. The van der Waals surface area contributed by atoms with Gasteiger partial charge >= 0.3 is 6.18 Å². The summed E-state index contributed by atoms with van der Waals surface area (Å²) < 4.78 is 54.2. The summed E-state index contributed by atoms with van der Waals surface area (Å²) >= 11 is 0. The van der Waals surface area contributed by atoms with Gasteiger partial charge in [-0.05, 0) is 68.0 Å². The van der Waals surface area contributed by atoms with Crippen molar-refractivity contribution >= 4 is 11.7 Å². The smallest absolute Gasteiger partial charge is 0.374 e. The lowest BCUT2D eigenvalue weighted by Crippen LogP contribution is -2.47. The fraction of sp³-hybridized carbons (Fsp3) is 0.448. The Morgan fingerprint density at radius 2 is 1.78 bits per heavy atom. The van der Waals surface area contributed by atoms with Crippen molar-refractivity contribution in [2.75, 3.05) is 19.6 Å². The molecule has 0 bridgehead atoms. The first-order chi connectivity index (χ1) is 17.5. The van der Waals surface area contributed by atoms with Gasteiger partial charge in [0.2, 0.25) is 5.91 Å². The predicted molar refractivity (Wildman–Crippen MR) is 131 cm³/mol. The molecule has 4 nitrogen and oxygen atoms in total. The monoisotopic (exact) mass is 514 g/mol. The van der Waals surface area contributed by atoms with Crippen LogP contribution in [0.25, 0.3) is 0 Å². The first kappa shape index (κ1) is 25.5. The summed E-state index contributed by atoms with van der Waals surface area (Å²) in [6, 6.07) is 9.62. The van der Waals surface area contributed by atoms with Crippen LogP contribution in [0.2, 0.25) is 0 Å². The zero-order chi connectivity index (χ0) is 26.5. The third kappa shape index (κ3) is 5.03. The molecule has 0 N–H and O–H groups in total. The Labute approximate surface area is 213 Å². The van der Waals surface area contributed by atoms with Gasteiger partial charge in [0, 0.05) is 43.7 Å². The maximum Gasteiger partial charge on any atom is 0.416 e. The summed E-state index contributed by atoms with van der Waals surface area (Å²) in [5.41, 5.74) is 1.86. The van der Waals surface area contributed by atoms with Gasteiger partial charge in [0.25, 0.3) is 0 Å². The van der Waals surface area contributed by atoms with Crippen LogP contribution in [-0.2, 0) is 15.8 Å². The number of benzene rings is 2. The third-order valence-corrected chi connectivity index (χ3v) is 8.13. The summed E-state index contributed by atoms with van der Waals surface area (Å²) in [7, 11) is 0. The van der Waals surface area contributed by atoms with E-state index < -0.39 is 17.7 Å². The molecule has 2 aromatic rings. The SMILES string of the molecule is Cc1cc(C(C)C(=O)N2CC[C@@H]3CN(C4=CC(=O)CC4)CC3[C@@H]2c2ccc(F)cc2)cc(C(F)(F)F)c1. The van der Waals surface area contributed by atoms with E-state index in [4.69, 9.17) is 0 Å². The molecule has 1 aliphatic carbocycles. The van der Waals surface area contributed by atoms with Crippen LogP contribution in [0.4, 0.5) is 17.6 Å². The summed E-state index contributed by atoms with van der Waals surface area (Å²) in [5.74, 6) is -0.892. The molecule has 0 saturated carbocycles. The number of fused-ring (bicyclic) bond motifs is 1. The maximum absolute atomic E-state index is 13.9. The molecular weight excluding hydrogens is 484 g/mol. The zero-order valence-electron chi connectivity index (χ0n) is 20.9. The minimum absolute atomic E-state index is 0.0650. The van der Waals surface area contributed by atoms with E-state index in [1.165, 1.54) is 12.1 Å². The number of likely N-dealkylation sites (tertiary alicyclic amines) is 2. The minimum atomic E-state index is -4.50. The highest BCUT2D eigenvalue weighted by molar-refractivity contribution is 5.92. The van der Waals surface area contributed by atoms with Gasteiger partial charge < -0.3 is 9.80 Å². The van der Waals surface area contributed by atoms with Gasteiger partial charge in [0.05, 0.1) is 17.5 Å². The summed E-state index contributed by atoms with van der Waals surface area (Å²) in [5, 5.41) is 0. The number of allylic oxidation sites excluding steroid dienone is 2. The van der Waals surface area contributed by atoms with E-state index in [9.17, 15) is 27.2 Å². The summed E-state index contributed by atoms with van der Waals surface area (Å²) in [4.78, 5) is 29.8. The number of nitrogens with zero attached hydrogens (tertiary/aromatic N) is 2. The van der Waals surface area contributed by atoms with Crippen molar-refractivity contribution < 1.29 is 27.2 Å². The fourth-order valence-electron chi connectivity index (χ4n) is 6.25. The number of carbonyl (C=O) groups excluding carboxylic acids is 2. The Bertz CT molecular complexity index is 1240. The van der Waals surface area contributed by atoms with Gasteiger partial charge in [0.1, 0.15) is 5.82 Å². The first-order valence-electron chi connectivity index (χ1n) is 12.7. The van der Waals surface area contributed by atoms with Crippen molar-refractivity contribution in [1.82, 2.24) is 9.80 Å². The van der Waals surface area contributed by atoms with Crippen LogP contribution in [-0.4, -0.2) is 41.1 Å². The molecule has 3 aliphatic rings. The number of hydrogen-bond acceptors (Lipinski definition) is 3. The van der Waals surface area contributed by atoms with Crippen LogP contribution in [0.3, 0.4) is 0 Å². The second kappa shape index (κ2) is 9.62. The van der Waals surface area contributed by atoms with Crippen LogP contribution in [0.5, 0.6) is 0 Å². The topological polar surface area (TPSA) is 40.6 Å². The lowest BCUT2D eigenvalue weighted by Gasteiger charge is -2.44. The number of piperidine rings is 1. The second-order valence-corrected chi connectivity index (χ2v) is 10.6.